The Hall–Kier alpha value is -1.23. The molecule has 3 N–H and O–H groups in total. The van der Waals surface area contributed by atoms with Crippen LogP contribution >= 0.6 is 23.7 Å². The molecule has 0 fully saturated rings. The molecule has 0 unspecified atom stereocenters. The van der Waals surface area contributed by atoms with Crippen molar-refractivity contribution in [3.8, 4) is 11.5 Å². The fourth-order valence-corrected chi connectivity index (χ4v) is 2.28. The number of phenols is 1. The summed E-state index contributed by atoms with van der Waals surface area (Å²) in [6.45, 7) is 0. The summed E-state index contributed by atoms with van der Waals surface area (Å²) in [6, 6.07) is 6.74. The monoisotopic (exact) mass is 271 g/mol. The zero-order valence-electron chi connectivity index (χ0n) is 9.29. The van der Waals surface area contributed by atoms with Gasteiger partial charge < -0.3 is 15.6 Å². The van der Waals surface area contributed by atoms with Crippen molar-refractivity contribution in [1.82, 2.24) is 0 Å². The molecule has 2 rings (SSSR count). The lowest BCUT2D eigenvalue weighted by Gasteiger charge is -2.14. The Morgan fingerprint density at radius 2 is 2.12 bits per heavy atom. The molecular formula is C12H14ClNO2S. The number of hydrogen-bond donors (Lipinski definition) is 2. The third-order valence-electron chi connectivity index (χ3n) is 2.45. The first kappa shape index (κ1) is 13.8. The summed E-state index contributed by atoms with van der Waals surface area (Å²) in [4.78, 5) is 0. The molecule has 0 spiro atoms. The van der Waals surface area contributed by atoms with Crippen LogP contribution in [0.3, 0.4) is 0 Å². The van der Waals surface area contributed by atoms with E-state index in [0.29, 0.717) is 5.75 Å². The molecule has 5 heteroatoms. The summed E-state index contributed by atoms with van der Waals surface area (Å²) < 4.78 is 5.21. The number of benzene rings is 1. The maximum absolute atomic E-state index is 9.36. The van der Waals surface area contributed by atoms with Crippen molar-refractivity contribution >= 4 is 23.7 Å². The molecule has 0 saturated carbocycles. The van der Waals surface area contributed by atoms with Crippen LogP contribution in [0.25, 0.3) is 0 Å². The predicted octanol–water partition coefficient (Wildman–Crippen LogP) is 2.93. The Morgan fingerprint density at radius 1 is 1.35 bits per heavy atom. The van der Waals surface area contributed by atoms with Gasteiger partial charge in [-0.25, -0.2) is 0 Å². The van der Waals surface area contributed by atoms with Crippen molar-refractivity contribution in [2.75, 3.05) is 7.11 Å². The van der Waals surface area contributed by atoms with E-state index in [1.807, 2.05) is 16.8 Å². The first-order valence-corrected chi connectivity index (χ1v) is 5.81. The van der Waals surface area contributed by atoms with Crippen molar-refractivity contribution in [3.05, 3.63) is 46.2 Å². The zero-order valence-corrected chi connectivity index (χ0v) is 10.9. The zero-order chi connectivity index (χ0) is 11.5. The lowest BCUT2D eigenvalue weighted by atomic mass is 10.0. The van der Waals surface area contributed by atoms with Crippen molar-refractivity contribution in [2.45, 2.75) is 6.04 Å². The van der Waals surface area contributed by atoms with Gasteiger partial charge in [0.15, 0.2) is 0 Å². The Bertz CT molecular complexity index is 473. The fraction of sp³-hybridized carbons (Fsp3) is 0.167. The minimum absolute atomic E-state index is 0. The molecule has 0 amide bonds. The third-order valence-corrected chi connectivity index (χ3v) is 3.16. The Balaban J connectivity index is 0.00000144. The van der Waals surface area contributed by atoms with E-state index in [2.05, 4.69) is 0 Å². The maximum atomic E-state index is 9.36. The minimum Gasteiger partial charge on any atom is -0.508 e. The SMILES string of the molecule is COc1cc(O)ccc1[C@@H](N)c1ccsc1.Cl. The molecule has 0 aliphatic carbocycles. The highest BCUT2D eigenvalue weighted by Crippen LogP contribution is 2.31. The van der Waals surface area contributed by atoms with Crippen LogP contribution in [-0.4, -0.2) is 12.2 Å². The molecule has 3 nitrogen and oxygen atoms in total. The molecule has 2 aromatic rings. The summed E-state index contributed by atoms with van der Waals surface area (Å²) in [7, 11) is 1.57. The highest BCUT2D eigenvalue weighted by molar-refractivity contribution is 7.08. The topological polar surface area (TPSA) is 55.5 Å². The number of ether oxygens (including phenoxy) is 1. The minimum atomic E-state index is -0.221. The van der Waals surface area contributed by atoms with Gasteiger partial charge in [-0.15, -0.1) is 12.4 Å². The second-order valence-corrected chi connectivity index (χ2v) is 4.24. The van der Waals surface area contributed by atoms with Crippen molar-refractivity contribution in [3.63, 3.8) is 0 Å². The number of methoxy groups -OCH3 is 1. The van der Waals surface area contributed by atoms with Gasteiger partial charge in [0.2, 0.25) is 0 Å². The second kappa shape index (κ2) is 5.91. The van der Waals surface area contributed by atoms with Crippen molar-refractivity contribution < 1.29 is 9.84 Å². The molecule has 17 heavy (non-hydrogen) atoms. The number of thiophene rings is 1. The van der Waals surface area contributed by atoms with Crippen LogP contribution in [0.15, 0.2) is 35.0 Å². The molecular weight excluding hydrogens is 258 g/mol. The number of hydrogen-bond acceptors (Lipinski definition) is 4. The van der Waals surface area contributed by atoms with Crippen LogP contribution in [0.4, 0.5) is 0 Å². The first-order chi connectivity index (χ1) is 7.72. The van der Waals surface area contributed by atoms with Gasteiger partial charge in [0.25, 0.3) is 0 Å². The summed E-state index contributed by atoms with van der Waals surface area (Å²) >= 11 is 1.61. The molecule has 0 saturated heterocycles. The van der Waals surface area contributed by atoms with E-state index in [4.69, 9.17) is 10.5 Å². The van der Waals surface area contributed by atoms with E-state index in [0.717, 1.165) is 11.1 Å². The van der Waals surface area contributed by atoms with Gasteiger partial charge in [0.1, 0.15) is 11.5 Å². The predicted molar refractivity (Wildman–Crippen MR) is 72.3 cm³/mol. The fourth-order valence-electron chi connectivity index (χ4n) is 1.59. The Labute approximate surface area is 110 Å². The maximum Gasteiger partial charge on any atom is 0.127 e. The van der Waals surface area contributed by atoms with Crippen LogP contribution < -0.4 is 10.5 Å². The van der Waals surface area contributed by atoms with Crippen LogP contribution in [0.2, 0.25) is 0 Å². The number of aromatic hydroxyl groups is 1. The largest absolute Gasteiger partial charge is 0.508 e. The van der Waals surface area contributed by atoms with Gasteiger partial charge in [-0.2, -0.15) is 11.3 Å². The van der Waals surface area contributed by atoms with E-state index < -0.39 is 0 Å². The molecule has 1 aromatic carbocycles. The number of nitrogens with two attached hydrogens (primary N) is 1. The van der Waals surface area contributed by atoms with E-state index in [1.165, 1.54) is 0 Å². The average Bonchev–Trinajstić information content (AvgIpc) is 2.81. The van der Waals surface area contributed by atoms with E-state index >= 15 is 0 Å². The van der Waals surface area contributed by atoms with Gasteiger partial charge in [-0.3, -0.25) is 0 Å². The smallest absolute Gasteiger partial charge is 0.127 e. The van der Waals surface area contributed by atoms with Gasteiger partial charge in [0, 0.05) is 11.6 Å². The molecule has 92 valence electrons. The Morgan fingerprint density at radius 3 is 2.71 bits per heavy atom. The molecule has 1 aromatic heterocycles. The molecule has 0 aliphatic heterocycles. The van der Waals surface area contributed by atoms with E-state index in [9.17, 15) is 5.11 Å². The molecule has 0 aliphatic rings. The number of halogens is 1. The van der Waals surface area contributed by atoms with Crippen molar-refractivity contribution in [1.29, 1.82) is 0 Å². The van der Waals surface area contributed by atoms with Crippen LogP contribution in [0.5, 0.6) is 11.5 Å². The molecule has 1 heterocycles. The number of rotatable bonds is 3. The second-order valence-electron chi connectivity index (χ2n) is 3.46. The number of phenolic OH excluding ortho intramolecular Hbond substituents is 1. The molecule has 0 bridgehead atoms. The highest BCUT2D eigenvalue weighted by Gasteiger charge is 2.14. The summed E-state index contributed by atoms with van der Waals surface area (Å²) in [5.41, 5.74) is 8.06. The van der Waals surface area contributed by atoms with Gasteiger partial charge in [-0.05, 0) is 34.5 Å². The molecule has 0 radical (unpaired) electrons. The molecule has 1 atom stereocenters. The lowest BCUT2D eigenvalue weighted by Crippen LogP contribution is -2.12. The normalized spacial score (nSPS) is 11.6. The van der Waals surface area contributed by atoms with Gasteiger partial charge in [0.05, 0.1) is 13.2 Å². The quantitative estimate of drug-likeness (QED) is 0.902. The summed E-state index contributed by atoms with van der Waals surface area (Å²) in [5.74, 6) is 0.789. The van der Waals surface area contributed by atoms with Crippen LogP contribution in [0, 0.1) is 0 Å². The summed E-state index contributed by atoms with van der Waals surface area (Å²) in [6.07, 6.45) is 0. The third kappa shape index (κ3) is 2.91. The summed E-state index contributed by atoms with van der Waals surface area (Å²) in [5, 5.41) is 13.4. The van der Waals surface area contributed by atoms with Crippen LogP contribution in [0.1, 0.15) is 17.2 Å². The first-order valence-electron chi connectivity index (χ1n) is 4.87. The standard InChI is InChI=1S/C12H13NO2S.ClH/c1-15-11-6-9(14)2-3-10(11)12(13)8-4-5-16-7-8;/h2-7,12,14H,13H2,1H3;1H/t12-;/m0./s1. The highest BCUT2D eigenvalue weighted by atomic mass is 35.5. The van der Waals surface area contributed by atoms with Crippen molar-refractivity contribution in [2.24, 2.45) is 5.73 Å². The van der Waals surface area contributed by atoms with E-state index in [1.54, 1.807) is 36.6 Å². The lowest BCUT2D eigenvalue weighted by molar-refractivity contribution is 0.401. The van der Waals surface area contributed by atoms with Gasteiger partial charge >= 0.3 is 0 Å². The average molecular weight is 272 g/mol. The van der Waals surface area contributed by atoms with Crippen LogP contribution in [-0.2, 0) is 0 Å². The van der Waals surface area contributed by atoms with E-state index in [-0.39, 0.29) is 24.2 Å². The Kier molecular flexibility index (Phi) is 4.81. The van der Waals surface area contributed by atoms with Gasteiger partial charge in [-0.1, -0.05) is 0 Å².